The van der Waals surface area contributed by atoms with E-state index in [-0.39, 0.29) is 36.1 Å². The normalized spacial score (nSPS) is 12.6. The summed E-state index contributed by atoms with van der Waals surface area (Å²) in [6.07, 6.45) is 3.55. The minimum Gasteiger partial charge on any atom is -0.369 e. The lowest BCUT2D eigenvalue weighted by molar-refractivity contribution is -0.126. The van der Waals surface area contributed by atoms with Crippen LogP contribution >= 0.6 is 0 Å². The second kappa shape index (κ2) is 13.2. The van der Waals surface area contributed by atoms with E-state index in [2.05, 4.69) is 20.7 Å². The van der Waals surface area contributed by atoms with E-state index in [9.17, 15) is 14.4 Å². The molecule has 0 bridgehead atoms. The third-order valence-electron chi connectivity index (χ3n) is 3.73. The fourth-order valence-electron chi connectivity index (χ4n) is 2.21. The number of nitrogens with two attached hydrogens (primary N) is 1. The maximum absolute atomic E-state index is 11.9. The number of carbonyl (C=O) groups excluding carboxylic acids is 3. The zero-order valence-corrected chi connectivity index (χ0v) is 14.5. The topological polar surface area (TPSA) is 150 Å². The molecule has 0 radical (unpaired) electrons. The molecule has 0 aliphatic rings. The summed E-state index contributed by atoms with van der Waals surface area (Å²) in [7, 11) is 0. The average Bonchev–Trinajstić information content (AvgIpc) is 2.55. The molecule has 2 atom stereocenters. The van der Waals surface area contributed by atoms with E-state index < -0.39 is 0 Å². The quantitative estimate of drug-likeness (QED) is 0.200. The van der Waals surface area contributed by atoms with Crippen molar-refractivity contribution in [2.45, 2.75) is 46.0 Å². The monoisotopic (exact) mass is 340 g/mol. The first-order chi connectivity index (χ1) is 11.4. The van der Waals surface area contributed by atoms with Gasteiger partial charge < -0.3 is 16.4 Å². The van der Waals surface area contributed by atoms with E-state index in [1.165, 1.54) is 0 Å². The highest BCUT2D eigenvalue weighted by Crippen LogP contribution is 2.15. The van der Waals surface area contributed by atoms with Gasteiger partial charge in [0.15, 0.2) is 0 Å². The van der Waals surface area contributed by atoms with Crippen LogP contribution in [0.1, 0.15) is 46.0 Å². The Hall–Kier alpha value is -2.28. The second-order valence-corrected chi connectivity index (χ2v) is 5.73. The molecule has 0 saturated heterocycles. The summed E-state index contributed by atoms with van der Waals surface area (Å²) < 4.78 is 0. The van der Waals surface area contributed by atoms with Gasteiger partial charge >= 0.3 is 0 Å². The van der Waals surface area contributed by atoms with Crippen LogP contribution in [-0.2, 0) is 14.4 Å². The smallest absolute Gasteiger partial charge is 0.225 e. The molecule has 136 valence electrons. The van der Waals surface area contributed by atoms with Gasteiger partial charge in [0.05, 0.1) is 0 Å². The summed E-state index contributed by atoms with van der Waals surface area (Å²) in [6.45, 7) is 4.56. The molecule has 0 saturated carbocycles. The molecule has 9 nitrogen and oxygen atoms in total. The molecule has 2 unspecified atom stereocenters. The van der Waals surface area contributed by atoms with E-state index in [1.807, 2.05) is 6.92 Å². The predicted molar refractivity (Wildman–Crippen MR) is 90.6 cm³/mol. The van der Waals surface area contributed by atoms with Crippen LogP contribution < -0.4 is 16.4 Å². The summed E-state index contributed by atoms with van der Waals surface area (Å²) in [5.74, 6) is -1.24. The minimum atomic E-state index is -0.361. The van der Waals surface area contributed by atoms with E-state index in [0.29, 0.717) is 25.9 Å². The summed E-state index contributed by atoms with van der Waals surface area (Å²) >= 11 is 0. The molecule has 0 aromatic carbocycles. The number of rotatable bonds is 13. The highest BCUT2D eigenvalue weighted by molar-refractivity contribution is 5.80. The summed E-state index contributed by atoms with van der Waals surface area (Å²) in [5, 5.41) is 8.65. The van der Waals surface area contributed by atoms with Crippen molar-refractivity contribution < 1.29 is 14.4 Å². The van der Waals surface area contributed by atoms with Gasteiger partial charge in [0, 0.05) is 29.8 Å². The van der Waals surface area contributed by atoms with Crippen molar-refractivity contribution >= 4 is 17.7 Å². The van der Waals surface area contributed by atoms with Gasteiger partial charge in [0.2, 0.25) is 17.7 Å². The Morgan fingerprint density at radius 2 is 1.79 bits per heavy atom. The zero-order valence-electron chi connectivity index (χ0n) is 14.5. The Bertz CT molecular complexity index is 462. The number of nitrogens with zero attached hydrogens (tertiary/aromatic N) is 3. The minimum absolute atomic E-state index is 0.0719. The second-order valence-electron chi connectivity index (χ2n) is 5.73. The van der Waals surface area contributed by atoms with Gasteiger partial charge in [-0.05, 0) is 37.6 Å². The highest BCUT2D eigenvalue weighted by atomic mass is 16.2. The van der Waals surface area contributed by atoms with Gasteiger partial charge in [-0.15, -0.1) is 0 Å². The number of hydrogen-bond acceptors (Lipinski definition) is 4. The van der Waals surface area contributed by atoms with Crippen LogP contribution in [0.4, 0.5) is 0 Å². The first kappa shape index (κ1) is 21.7. The molecular weight excluding hydrogens is 312 g/mol. The average molecular weight is 340 g/mol. The highest BCUT2D eigenvalue weighted by Gasteiger charge is 2.21. The third kappa shape index (κ3) is 10.4. The molecule has 0 heterocycles. The first-order valence-corrected chi connectivity index (χ1v) is 8.26. The number of hydrogen-bond donors (Lipinski definition) is 3. The van der Waals surface area contributed by atoms with Crippen LogP contribution in [0.2, 0.25) is 0 Å². The van der Waals surface area contributed by atoms with Crippen molar-refractivity contribution in [3.05, 3.63) is 10.4 Å². The molecule has 3 amide bonds. The zero-order chi connectivity index (χ0) is 18.4. The first-order valence-electron chi connectivity index (χ1n) is 8.26. The van der Waals surface area contributed by atoms with Gasteiger partial charge in [0.25, 0.3) is 0 Å². The Balaban J connectivity index is 3.73. The maximum Gasteiger partial charge on any atom is 0.225 e. The molecule has 0 spiro atoms. The number of primary amides is 1. The standard InChI is InChI=1S/C15H28N6O3/c1-3-12(14(16)23)9-11(2)15(24)19-8-6-4-5-7-18-13(22)10-20-21-17/h11-12H,3-10H2,1-2H3,(H2,16,23)(H,18,22)(H,19,24). The lowest BCUT2D eigenvalue weighted by Crippen LogP contribution is -2.33. The SMILES string of the molecule is CCC(CC(C)C(=O)NCCCCCNC(=O)CN=[N+]=[N-])C(N)=O. The summed E-state index contributed by atoms with van der Waals surface area (Å²) in [4.78, 5) is 36.8. The van der Waals surface area contributed by atoms with Gasteiger partial charge in [-0.25, -0.2) is 0 Å². The summed E-state index contributed by atoms with van der Waals surface area (Å²) in [6, 6.07) is 0. The lowest BCUT2D eigenvalue weighted by atomic mass is 9.92. The molecule has 0 aromatic rings. The predicted octanol–water partition coefficient (Wildman–Crippen LogP) is 1.24. The van der Waals surface area contributed by atoms with E-state index in [4.69, 9.17) is 11.3 Å². The van der Waals surface area contributed by atoms with Crippen LogP contribution in [0.3, 0.4) is 0 Å². The van der Waals surface area contributed by atoms with Crippen LogP contribution in [0, 0.1) is 11.8 Å². The van der Waals surface area contributed by atoms with Crippen molar-refractivity contribution in [2.75, 3.05) is 19.6 Å². The Morgan fingerprint density at radius 1 is 1.17 bits per heavy atom. The number of carbonyl (C=O) groups is 3. The van der Waals surface area contributed by atoms with Crippen molar-refractivity contribution in [2.24, 2.45) is 22.7 Å². The van der Waals surface area contributed by atoms with Crippen LogP contribution in [-0.4, -0.2) is 37.4 Å². The van der Waals surface area contributed by atoms with E-state index in [0.717, 1.165) is 19.3 Å². The Labute approximate surface area is 142 Å². The van der Waals surface area contributed by atoms with Crippen LogP contribution in [0.25, 0.3) is 10.4 Å². The van der Waals surface area contributed by atoms with Gasteiger partial charge in [-0.1, -0.05) is 19.0 Å². The molecule has 24 heavy (non-hydrogen) atoms. The Morgan fingerprint density at radius 3 is 2.33 bits per heavy atom. The molecule has 0 aliphatic carbocycles. The van der Waals surface area contributed by atoms with Crippen molar-refractivity contribution in [1.82, 2.24) is 10.6 Å². The van der Waals surface area contributed by atoms with Crippen molar-refractivity contribution in [1.29, 1.82) is 0 Å². The molecule has 0 aliphatic heterocycles. The Kier molecular flexibility index (Phi) is 11.9. The fourth-order valence-corrected chi connectivity index (χ4v) is 2.21. The fraction of sp³-hybridized carbons (Fsp3) is 0.800. The van der Waals surface area contributed by atoms with Gasteiger partial charge in [0.1, 0.15) is 6.54 Å². The van der Waals surface area contributed by atoms with Crippen LogP contribution in [0.5, 0.6) is 0 Å². The largest absolute Gasteiger partial charge is 0.369 e. The molecule has 0 fully saturated rings. The third-order valence-corrected chi connectivity index (χ3v) is 3.73. The van der Waals surface area contributed by atoms with E-state index in [1.54, 1.807) is 6.92 Å². The number of nitrogens with one attached hydrogen (secondary N) is 2. The molecule has 0 rings (SSSR count). The lowest BCUT2D eigenvalue weighted by Gasteiger charge is -2.16. The van der Waals surface area contributed by atoms with Crippen LogP contribution in [0.15, 0.2) is 5.11 Å². The number of unbranched alkanes of at least 4 members (excludes halogenated alkanes) is 2. The van der Waals surface area contributed by atoms with E-state index >= 15 is 0 Å². The molecule has 9 heteroatoms. The molecule has 4 N–H and O–H groups in total. The molecule has 0 aromatic heterocycles. The van der Waals surface area contributed by atoms with Crippen molar-refractivity contribution in [3.63, 3.8) is 0 Å². The van der Waals surface area contributed by atoms with Gasteiger partial charge in [-0.2, -0.15) is 0 Å². The summed E-state index contributed by atoms with van der Waals surface area (Å²) in [5.41, 5.74) is 13.4. The number of azide groups is 1. The number of amides is 3. The molecular formula is C15H28N6O3. The van der Waals surface area contributed by atoms with Crippen molar-refractivity contribution in [3.8, 4) is 0 Å². The van der Waals surface area contributed by atoms with Gasteiger partial charge in [-0.3, -0.25) is 14.4 Å². The maximum atomic E-state index is 11.9.